The van der Waals surface area contributed by atoms with Crippen molar-refractivity contribution in [2.45, 2.75) is 20.3 Å². The molecule has 1 heterocycles. The van der Waals surface area contributed by atoms with Crippen LogP contribution in [0.3, 0.4) is 0 Å². The fourth-order valence-electron chi connectivity index (χ4n) is 3.15. The number of likely N-dealkylation sites (tertiary alicyclic amines) is 1. The van der Waals surface area contributed by atoms with Crippen LogP contribution in [-0.4, -0.2) is 56.0 Å². The van der Waals surface area contributed by atoms with Gasteiger partial charge in [0.2, 0.25) is 0 Å². The minimum atomic E-state index is -0.640. The monoisotopic (exact) mass is 362 g/mol. The lowest BCUT2D eigenvalue weighted by atomic mass is 9.92. The van der Waals surface area contributed by atoms with Gasteiger partial charge in [0.05, 0.1) is 7.11 Å². The molecule has 0 aliphatic carbocycles. The van der Waals surface area contributed by atoms with E-state index in [2.05, 4.69) is 19.2 Å². The Balaban J connectivity index is 1.72. The second kappa shape index (κ2) is 9.22. The van der Waals surface area contributed by atoms with E-state index in [9.17, 15) is 14.4 Å². The third-order valence-electron chi connectivity index (χ3n) is 4.32. The molecule has 0 bridgehead atoms. The first-order valence-electron chi connectivity index (χ1n) is 8.74. The van der Waals surface area contributed by atoms with E-state index in [0.717, 1.165) is 6.42 Å². The van der Waals surface area contributed by atoms with Crippen LogP contribution in [0.2, 0.25) is 0 Å². The zero-order valence-electron chi connectivity index (χ0n) is 15.5. The predicted molar refractivity (Wildman–Crippen MR) is 95.8 cm³/mol. The minimum Gasteiger partial charge on any atom is -0.497 e. The third-order valence-corrected chi connectivity index (χ3v) is 4.32. The van der Waals surface area contributed by atoms with Crippen LogP contribution in [0.5, 0.6) is 5.75 Å². The highest BCUT2D eigenvalue weighted by atomic mass is 16.5. The summed E-state index contributed by atoms with van der Waals surface area (Å²) >= 11 is 0. The third kappa shape index (κ3) is 5.75. The lowest BCUT2D eigenvalue weighted by Gasteiger charge is -2.34. The molecule has 26 heavy (non-hydrogen) atoms. The highest BCUT2D eigenvalue weighted by Gasteiger charge is 2.25. The highest BCUT2D eigenvalue weighted by Crippen LogP contribution is 2.20. The topological polar surface area (TPSA) is 84.9 Å². The van der Waals surface area contributed by atoms with Crippen LogP contribution in [0, 0.1) is 11.8 Å². The first kappa shape index (κ1) is 19.8. The summed E-state index contributed by atoms with van der Waals surface area (Å²) in [7, 11) is 1.54. The predicted octanol–water partition coefficient (Wildman–Crippen LogP) is 1.47. The van der Waals surface area contributed by atoms with Crippen LogP contribution in [0.15, 0.2) is 24.3 Å². The summed E-state index contributed by atoms with van der Waals surface area (Å²) in [6, 6.07) is 6.52. The summed E-state index contributed by atoms with van der Waals surface area (Å²) in [5.41, 5.74) is 0.408. The number of ether oxygens (including phenoxy) is 2. The summed E-state index contributed by atoms with van der Waals surface area (Å²) < 4.78 is 10.0. The molecule has 1 saturated heterocycles. The van der Waals surface area contributed by atoms with E-state index in [1.807, 2.05) is 0 Å². The Bertz CT molecular complexity index is 634. The summed E-state index contributed by atoms with van der Waals surface area (Å²) in [5.74, 6) is 0.302. The van der Waals surface area contributed by atoms with Gasteiger partial charge in [-0.1, -0.05) is 13.8 Å². The van der Waals surface area contributed by atoms with Crippen molar-refractivity contribution in [3.63, 3.8) is 0 Å². The number of amides is 2. The Morgan fingerprint density at radius 1 is 1.12 bits per heavy atom. The van der Waals surface area contributed by atoms with E-state index >= 15 is 0 Å². The number of carbonyl (C=O) groups excluding carboxylic acids is 3. The standard InChI is InChI=1S/C19H26N2O5/c1-13-8-14(2)11-21(10-13)17(22)12-26-18(23)9-20-19(24)15-4-6-16(25-3)7-5-15/h4-7,13-14H,8-12H2,1-3H3,(H,20,24)/t13-,14-/m0/s1. The molecule has 0 spiro atoms. The maximum absolute atomic E-state index is 12.2. The van der Waals surface area contributed by atoms with Crippen molar-refractivity contribution in [3.05, 3.63) is 29.8 Å². The number of rotatable bonds is 6. The van der Waals surface area contributed by atoms with Gasteiger partial charge in [-0.15, -0.1) is 0 Å². The van der Waals surface area contributed by atoms with Crippen LogP contribution in [0.1, 0.15) is 30.6 Å². The van der Waals surface area contributed by atoms with Gasteiger partial charge in [0.25, 0.3) is 11.8 Å². The average molecular weight is 362 g/mol. The molecule has 2 amide bonds. The molecule has 2 rings (SSSR count). The number of hydrogen-bond acceptors (Lipinski definition) is 5. The summed E-state index contributed by atoms with van der Waals surface area (Å²) in [4.78, 5) is 37.6. The van der Waals surface area contributed by atoms with Gasteiger partial charge in [0, 0.05) is 18.7 Å². The van der Waals surface area contributed by atoms with Crippen molar-refractivity contribution in [1.82, 2.24) is 10.2 Å². The van der Waals surface area contributed by atoms with E-state index in [-0.39, 0.29) is 19.1 Å². The molecule has 0 radical (unpaired) electrons. The zero-order valence-corrected chi connectivity index (χ0v) is 15.5. The number of nitrogens with one attached hydrogen (secondary N) is 1. The quantitative estimate of drug-likeness (QED) is 0.775. The van der Waals surface area contributed by atoms with Crippen LogP contribution in [0.25, 0.3) is 0 Å². The lowest BCUT2D eigenvalue weighted by molar-refractivity contribution is -0.152. The number of hydrogen-bond donors (Lipinski definition) is 1. The van der Waals surface area contributed by atoms with Crippen molar-refractivity contribution in [2.24, 2.45) is 11.8 Å². The van der Waals surface area contributed by atoms with Gasteiger partial charge in [-0.05, 0) is 42.5 Å². The van der Waals surface area contributed by atoms with Crippen molar-refractivity contribution in [3.8, 4) is 5.75 Å². The highest BCUT2D eigenvalue weighted by molar-refractivity contribution is 5.96. The maximum Gasteiger partial charge on any atom is 0.325 e. The number of esters is 1. The molecule has 1 aromatic carbocycles. The fourth-order valence-corrected chi connectivity index (χ4v) is 3.15. The van der Waals surface area contributed by atoms with Crippen LogP contribution in [0.4, 0.5) is 0 Å². The second-order valence-corrected chi connectivity index (χ2v) is 6.82. The number of methoxy groups -OCH3 is 1. The van der Waals surface area contributed by atoms with Gasteiger partial charge in [0.15, 0.2) is 6.61 Å². The number of carbonyl (C=O) groups is 3. The average Bonchev–Trinajstić information content (AvgIpc) is 2.63. The Labute approximate surface area is 153 Å². The largest absolute Gasteiger partial charge is 0.497 e. The second-order valence-electron chi connectivity index (χ2n) is 6.82. The fraction of sp³-hybridized carbons (Fsp3) is 0.526. The SMILES string of the molecule is COc1ccc(C(=O)NCC(=O)OCC(=O)N2C[C@@H](C)C[C@H](C)C2)cc1. The van der Waals surface area contributed by atoms with E-state index < -0.39 is 11.9 Å². The van der Waals surface area contributed by atoms with Gasteiger partial charge in [-0.25, -0.2) is 0 Å². The van der Waals surface area contributed by atoms with Crippen LogP contribution < -0.4 is 10.1 Å². The van der Waals surface area contributed by atoms with E-state index in [0.29, 0.717) is 36.2 Å². The Morgan fingerprint density at radius 3 is 2.31 bits per heavy atom. The molecule has 1 aliphatic heterocycles. The normalized spacial score (nSPS) is 19.6. The Kier molecular flexibility index (Phi) is 7.00. The maximum atomic E-state index is 12.2. The number of nitrogens with zero attached hydrogens (tertiary/aromatic N) is 1. The van der Waals surface area contributed by atoms with Crippen molar-refractivity contribution < 1.29 is 23.9 Å². The van der Waals surface area contributed by atoms with Gasteiger partial charge in [0.1, 0.15) is 12.3 Å². The Hall–Kier alpha value is -2.57. The van der Waals surface area contributed by atoms with Gasteiger partial charge < -0.3 is 19.7 Å². The van der Waals surface area contributed by atoms with E-state index in [1.54, 1.807) is 29.2 Å². The Morgan fingerprint density at radius 2 is 1.73 bits per heavy atom. The molecule has 1 fully saturated rings. The molecule has 1 aliphatic rings. The summed E-state index contributed by atoms with van der Waals surface area (Å²) in [6.45, 7) is 5.01. The van der Waals surface area contributed by atoms with Gasteiger partial charge in [-0.3, -0.25) is 14.4 Å². The molecule has 0 saturated carbocycles. The molecular formula is C19H26N2O5. The molecule has 1 N–H and O–H groups in total. The van der Waals surface area contributed by atoms with Crippen LogP contribution >= 0.6 is 0 Å². The van der Waals surface area contributed by atoms with E-state index in [1.165, 1.54) is 7.11 Å². The first-order valence-corrected chi connectivity index (χ1v) is 8.74. The van der Waals surface area contributed by atoms with Crippen molar-refractivity contribution >= 4 is 17.8 Å². The molecule has 142 valence electrons. The molecular weight excluding hydrogens is 336 g/mol. The zero-order chi connectivity index (χ0) is 19.1. The minimum absolute atomic E-state index is 0.196. The first-order chi connectivity index (χ1) is 12.4. The lowest BCUT2D eigenvalue weighted by Crippen LogP contribution is -2.44. The summed E-state index contributed by atoms with van der Waals surface area (Å²) in [5, 5.41) is 2.47. The van der Waals surface area contributed by atoms with Gasteiger partial charge in [-0.2, -0.15) is 0 Å². The van der Waals surface area contributed by atoms with E-state index in [4.69, 9.17) is 9.47 Å². The van der Waals surface area contributed by atoms with Crippen LogP contribution in [-0.2, 0) is 14.3 Å². The smallest absolute Gasteiger partial charge is 0.325 e. The van der Waals surface area contributed by atoms with Crippen molar-refractivity contribution in [1.29, 1.82) is 0 Å². The van der Waals surface area contributed by atoms with Crippen molar-refractivity contribution in [2.75, 3.05) is 33.4 Å². The molecule has 7 nitrogen and oxygen atoms in total. The number of benzene rings is 1. The molecule has 2 atom stereocenters. The summed E-state index contributed by atoms with van der Waals surface area (Å²) in [6.07, 6.45) is 1.10. The number of piperidine rings is 1. The van der Waals surface area contributed by atoms with Gasteiger partial charge >= 0.3 is 5.97 Å². The molecule has 0 unspecified atom stereocenters. The molecule has 1 aromatic rings. The molecule has 7 heteroatoms. The molecule has 0 aromatic heterocycles.